The molecule has 90 valence electrons. The van der Waals surface area contributed by atoms with Gasteiger partial charge in [0, 0.05) is 6.61 Å². The maximum atomic E-state index is 7.57. The van der Waals surface area contributed by atoms with Crippen LogP contribution in [0.2, 0.25) is 47.7 Å². The van der Waals surface area contributed by atoms with Crippen LogP contribution in [0.25, 0.3) is 0 Å². The van der Waals surface area contributed by atoms with E-state index in [9.17, 15) is 0 Å². The van der Waals surface area contributed by atoms with Crippen LogP contribution in [0, 0.1) is 0 Å². The third-order valence-corrected chi connectivity index (χ3v) is 58.7. The summed E-state index contributed by atoms with van der Waals surface area (Å²) >= 11 is 0. The van der Waals surface area contributed by atoms with Gasteiger partial charge in [-0.15, -0.1) is 0 Å². The van der Waals surface area contributed by atoms with E-state index in [0.717, 1.165) is 0 Å². The van der Waals surface area contributed by atoms with Crippen LogP contribution in [0.15, 0.2) is 0 Å². The second kappa shape index (κ2) is 0.501. The van der Waals surface area contributed by atoms with Crippen molar-refractivity contribution >= 4 is 0 Å². The molecule has 10 rings (SSSR count). The fourth-order valence-electron chi connectivity index (χ4n) is 17.7. The quantitative estimate of drug-likeness (QED) is 0.702. The van der Waals surface area contributed by atoms with Gasteiger partial charge in [0.2, 0.25) is 0 Å². The first-order valence-corrected chi connectivity index (χ1v) is 13.6. The Kier molecular flexibility index (Phi) is 0.206. The van der Waals surface area contributed by atoms with E-state index in [4.69, 9.17) is 5.11 Å². The number of aliphatic hydroxyl groups is 1. The fourth-order valence-corrected chi connectivity index (χ4v) is 93.5. The van der Waals surface area contributed by atoms with Crippen molar-refractivity contribution in [2.75, 3.05) is 6.61 Å². The van der Waals surface area contributed by atoms with Crippen molar-refractivity contribution < 1.29 is 11.6 Å². The van der Waals surface area contributed by atoms with Crippen molar-refractivity contribution in [3.63, 3.8) is 0 Å². The second-order valence-electron chi connectivity index (χ2n) is 10.5. The van der Waals surface area contributed by atoms with Gasteiger partial charge in [0.25, 0.3) is 0 Å². The number of hydrogen-bond donors (Lipinski definition) is 1. The molecule has 0 aromatic rings. The van der Waals surface area contributed by atoms with E-state index in [1.165, 1.54) is 4.31 Å². The third-order valence-electron chi connectivity index (χ3n) is 15.5. The predicted molar refractivity (Wildman–Crippen MR) is 59.5 cm³/mol. The molecule has 0 amide bonds. The molecule has 10 saturated heterocycles. The Morgan fingerprint density at radius 2 is 1.25 bits per heavy atom. The molecule has 10 aliphatic rings. The molecule has 10 heterocycles. The summed E-state index contributed by atoms with van der Waals surface area (Å²) in [5.74, 6) is 0. The van der Waals surface area contributed by atoms with Gasteiger partial charge in [-0.2, -0.15) is 0 Å². The molecule has 4 atom stereocenters. The molecule has 0 bridgehead atoms. The molecule has 0 radical (unpaired) electrons. The zero-order chi connectivity index (χ0) is 10.4. The van der Waals surface area contributed by atoms with E-state index in [1.807, 2.05) is 0 Å². The minimum atomic E-state index is -2.50. The molecular formula is C14H20FeO. The van der Waals surface area contributed by atoms with Gasteiger partial charge in [-0.3, -0.25) is 0 Å². The molecule has 0 saturated carbocycles. The fraction of sp³-hybridized carbons (Fsp3) is 1.00. The van der Waals surface area contributed by atoms with Crippen molar-refractivity contribution in [2.24, 2.45) is 0 Å². The van der Waals surface area contributed by atoms with Crippen LogP contribution in [0.5, 0.6) is 0 Å². The molecule has 4 unspecified atom stereocenters. The second-order valence-corrected chi connectivity index (χ2v) is 34.2. The Bertz CT molecular complexity index is 786. The van der Waals surface area contributed by atoms with Gasteiger partial charge in [0.15, 0.2) is 0 Å². The van der Waals surface area contributed by atoms with Crippen molar-refractivity contribution in [3.8, 4) is 0 Å². The predicted octanol–water partition coefficient (Wildman–Crippen LogP) is 4.15. The average Bonchev–Trinajstić information content (AvgIpc) is 3.24. The molecule has 10 fully saturated rings. The third kappa shape index (κ3) is 0.0561. The van der Waals surface area contributed by atoms with Gasteiger partial charge in [-0.1, -0.05) is 0 Å². The van der Waals surface area contributed by atoms with E-state index >= 15 is 0 Å². The van der Waals surface area contributed by atoms with Crippen molar-refractivity contribution in [1.82, 2.24) is 0 Å². The summed E-state index contributed by atoms with van der Waals surface area (Å²) in [6.45, 7) is 2.01. The zero-order valence-corrected chi connectivity index (χ0v) is 11.0. The number of rotatable bonds is 1. The molecule has 2 heteroatoms. The Morgan fingerprint density at radius 3 is 1.31 bits per heavy atom. The zero-order valence-electron chi connectivity index (χ0n) is 9.91. The first kappa shape index (κ1) is 6.59. The first-order valence-electron chi connectivity index (χ1n) is 7.34. The molecule has 0 aromatic heterocycles. The summed E-state index contributed by atoms with van der Waals surface area (Å²) in [5.41, 5.74) is 0. The van der Waals surface area contributed by atoms with Gasteiger partial charge in [-0.25, -0.2) is 0 Å². The number of hydrogen-bond acceptors (Lipinski definition) is 1. The molecular weight excluding hydrogens is 240 g/mol. The molecule has 16 heavy (non-hydrogen) atoms. The van der Waals surface area contributed by atoms with Crippen LogP contribution < -0.4 is 0 Å². The number of fused-ring (bicyclic) bond motifs is 10. The Balaban J connectivity index is 0.000000180. The van der Waals surface area contributed by atoms with Crippen LogP contribution in [-0.4, -0.2) is 11.7 Å². The van der Waals surface area contributed by atoms with Crippen LogP contribution >= 0.6 is 0 Å². The molecule has 1 N–H and O–H groups in total. The summed E-state index contributed by atoms with van der Waals surface area (Å²) in [6.07, 6.45) is 1.68. The van der Waals surface area contributed by atoms with E-state index in [-0.39, 0.29) is 6.61 Å². The average molecular weight is 260 g/mol. The van der Waals surface area contributed by atoms with Crippen LogP contribution in [-0.2, 0) is 6.51 Å². The van der Waals surface area contributed by atoms with Crippen molar-refractivity contribution in [1.29, 1.82) is 0 Å². The van der Waals surface area contributed by atoms with Gasteiger partial charge >= 0.3 is 67.5 Å². The SMILES string of the molecule is CCO.CC[C]12[CH]3[CH]4[CH]5[CH]1[Fe]45321678[CH]2[CH]1[CH]6[CH]7[CH]28. The van der Waals surface area contributed by atoms with Crippen LogP contribution in [0.3, 0.4) is 0 Å². The standard InChI is InChI=1S/C7H9.C5H5.C2H6O.Fe/c1-2-7-5-3-4-6-7;1-2-4-5-3-1;1-2-3;/h3-6H,2H2,1H3;1-5H;3H,2H2,1H3;. The summed E-state index contributed by atoms with van der Waals surface area (Å²) in [6, 6.07) is 0. The van der Waals surface area contributed by atoms with E-state index in [1.54, 1.807) is 56.7 Å². The van der Waals surface area contributed by atoms with Gasteiger partial charge in [-0.05, 0) is 6.92 Å². The van der Waals surface area contributed by atoms with Gasteiger partial charge in [0.05, 0.1) is 0 Å². The van der Waals surface area contributed by atoms with Crippen LogP contribution in [0.4, 0.5) is 0 Å². The summed E-state index contributed by atoms with van der Waals surface area (Å²) in [7, 11) is 0. The molecule has 1 nitrogen and oxygen atoms in total. The van der Waals surface area contributed by atoms with Gasteiger partial charge < -0.3 is 5.11 Å². The summed E-state index contributed by atoms with van der Waals surface area (Å²) < 4.78 is 1.24. The topological polar surface area (TPSA) is 20.2 Å². The Hall–Kier alpha value is 0.479. The normalized spacial score (nSPS) is 125. The van der Waals surface area contributed by atoms with Crippen LogP contribution in [0.1, 0.15) is 20.3 Å². The Morgan fingerprint density at radius 1 is 0.875 bits per heavy atom. The molecule has 1 spiro atoms. The summed E-state index contributed by atoms with van der Waals surface area (Å²) in [5, 5.41) is 7.57. The van der Waals surface area contributed by atoms with Crippen molar-refractivity contribution in [3.05, 3.63) is 0 Å². The van der Waals surface area contributed by atoms with E-state index in [0.29, 0.717) is 0 Å². The molecule has 10 aliphatic heterocycles. The maximum absolute atomic E-state index is 7.57. The Labute approximate surface area is 86.3 Å². The number of aliphatic hydroxyl groups excluding tert-OH is 1. The summed E-state index contributed by atoms with van der Waals surface area (Å²) in [4.78, 5) is 14.1. The van der Waals surface area contributed by atoms with Crippen molar-refractivity contribution in [2.45, 2.75) is 67.9 Å². The van der Waals surface area contributed by atoms with E-state index < -0.39 is 6.51 Å². The van der Waals surface area contributed by atoms with Gasteiger partial charge in [0.1, 0.15) is 0 Å². The molecule has 0 aliphatic carbocycles. The first-order chi connectivity index (χ1) is 7.52. The van der Waals surface area contributed by atoms with E-state index in [2.05, 4.69) is 6.92 Å². The monoisotopic (exact) mass is 260 g/mol. The molecule has 0 aromatic carbocycles. The minimum absolute atomic E-state index is 0.250.